The lowest BCUT2D eigenvalue weighted by molar-refractivity contribution is -0.280. The van der Waals surface area contributed by atoms with E-state index in [1.807, 2.05) is 0 Å². The molecule has 2 aromatic carbocycles. The zero-order valence-corrected chi connectivity index (χ0v) is 32.0. The van der Waals surface area contributed by atoms with Gasteiger partial charge in [-0.1, -0.05) is 11.6 Å². The fourth-order valence-corrected chi connectivity index (χ4v) is 6.77. The summed E-state index contributed by atoms with van der Waals surface area (Å²) in [6.45, 7) is 2.29. The van der Waals surface area contributed by atoms with E-state index in [4.69, 9.17) is 44.8 Å². The van der Waals surface area contributed by atoms with Gasteiger partial charge in [0.25, 0.3) is 0 Å². The fourth-order valence-electron chi connectivity index (χ4n) is 5.68. The number of halogens is 3. The number of nitrogens with two attached hydrogens (primary N) is 1. The normalized spacial score (nSPS) is 18.2. The molecule has 1 aliphatic heterocycles. The minimum atomic E-state index is -4.24. The highest BCUT2D eigenvalue weighted by molar-refractivity contribution is 7.89. The van der Waals surface area contributed by atoms with Crippen LogP contribution >= 0.6 is 11.6 Å². The van der Waals surface area contributed by atoms with Gasteiger partial charge < -0.3 is 38.5 Å². The molecule has 4 N–H and O–H groups in total. The molecule has 0 bridgehead atoms. The van der Waals surface area contributed by atoms with Gasteiger partial charge in [-0.15, -0.1) is 0 Å². The number of hydrogen-bond acceptors (Lipinski definition) is 14. The minimum Gasteiger partial charge on any atom is -0.467 e. The topological polar surface area (TPSA) is 223 Å². The number of nitrogens with zero attached hydrogens (tertiary/aromatic N) is 1. The fraction of sp³-hybridized carbons (Fsp3) is 0.444. The van der Waals surface area contributed by atoms with Crippen LogP contribution in [0.25, 0.3) is 0 Å². The SMILES string of the molecule is C[C@@H]1CO[C@@](O)(c2cc(F)cc(F)c2)[C@H](C)N1C(=O)OCOC(=O)CCCC(=O)OCCCCCOC(=O)c1cc(S(N)(=O)=O)c(Cl)cc1NCc1ccco1. The van der Waals surface area contributed by atoms with Crippen molar-refractivity contribution in [3.05, 3.63) is 82.3 Å². The number of primary sulfonamides is 1. The minimum absolute atomic E-state index is 0.0159. The summed E-state index contributed by atoms with van der Waals surface area (Å²) in [5.74, 6) is -5.71. The smallest absolute Gasteiger partial charge is 0.413 e. The number of morpholine rings is 1. The quantitative estimate of drug-likeness (QED) is 0.0657. The number of unbranched alkanes of at least 4 members (excludes halogenated alkanes) is 2. The molecule has 0 spiro atoms. The van der Waals surface area contributed by atoms with E-state index >= 15 is 0 Å². The van der Waals surface area contributed by atoms with Crippen LogP contribution < -0.4 is 10.5 Å². The summed E-state index contributed by atoms with van der Waals surface area (Å²) in [5, 5.41) is 19.1. The van der Waals surface area contributed by atoms with Crippen LogP contribution in [0.2, 0.25) is 5.02 Å². The summed E-state index contributed by atoms with van der Waals surface area (Å²) in [6.07, 6.45) is 1.69. The molecule has 56 heavy (non-hydrogen) atoms. The second kappa shape index (κ2) is 19.9. The number of ether oxygens (including phenoxy) is 5. The van der Waals surface area contributed by atoms with Crippen molar-refractivity contribution in [2.75, 3.05) is 31.9 Å². The number of amides is 1. The number of aliphatic hydroxyl groups is 1. The average molecular weight is 830 g/mol. The van der Waals surface area contributed by atoms with Crippen molar-refractivity contribution in [2.24, 2.45) is 5.14 Å². The number of nitrogens with one attached hydrogen (secondary N) is 1. The lowest BCUT2D eigenvalue weighted by atomic mass is 9.94. The van der Waals surface area contributed by atoms with Crippen molar-refractivity contribution < 1.29 is 69.6 Å². The molecule has 16 nitrogen and oxygen atoms in total. The van der Waals surface area contributed by atoms with Crippen LogP contribution in [0.5, 0.6) is 0 Å². The summed E-state index contributed by atoms with van der Waals surface area (Å²) < 4.78 is 82.8. The summed E-state index contributed by atoms with van der Waals surface area (Å²) >= 11 is 6.10. The zero-order valence-electron chi connectivity index (χ0n) is 30.5. The van der Waals surface area contributed by atoms with E-state index in [9.17, 15) is 41.5 Å². The monoisotopic (exact) mass is 829 g/mol. The van der Waals surface area contributed by atoms with Crippen molar-refractivity contribution in [1.29, 1.82) is 0 Å². The number of esters is 3. The van der Waals surface area contributed by atoms with E-state index < -0.39 is 75.2 Å². The van der Waals surface area contributed by atoms with E-state index in [1.54, 1.807) is 19.1 Å². The average Bonchev–Trinajstić information content (AvgIpc) is 3.65. The Morgan fingerprint density at radius 1 is 0.964 bits per heavy atom. The standard InChI is InChI=1S/C36H42ClF2N3O13S/c1-22-20-55-36(47,24-14-25(38)16-26(39)15-24)23(2)42(22)35(46)54-21-53-33(44)10-6-9-32(43)51-11-4-3-5-12-52-34(45)28-17-31(56(40,48)49)29(37)18-30(28)41-19-27-8-7-13-50-27/h7-8,13-18,22-23,41,47H,3-6,9-12,19-21H2,1-2H3,(H2,40,48,49)/t22-,23+,36-/m1/s1. The van der Waals surface area contributed by atoms with Crippen LogP contribution in [0, 0.1) is 11.6 Å². The third-order valence-corrected chi connectivity index (χ3v) is 9.95. The van der Waals surface area contributed by atoms with E-state index in [-0.39, 0.29) is 67.5 Å². The first kappa shape index (κ1) is 43.9. The largest absolute Gasteiger partial charge is 0.467 e. The third-order valence-electron chi connectivity index (χ3n) is 8.57. The molecule has 1 fully saturated rings. The predicted molar refractivity (Wildman–Crippen MR) is 192 cm³/mol. The van der Waals surface area contributed by atoms with E-state index in [0.29, 0.717) is 31.1 Å². The van der Waals surface area contributed by atoms with Crippen LogP contribution in [0.1, 0.15) is 74.1 Å². The summed E-state index contributed by atoms with van der Waals surface area (Å²) in [6, 6.07) is 6.33. The number of anilines is 1. The third kappa shape index (κ3) is 12.1. The van der Waals surface area contributed by atoms with Crippen molar-refractivity contribution in [1.82, 2.24) is 4.90 Å². The Labute approximate surface area is 326 Å². The summed E-state index contributed by atoms with van der Waals surface area (Å²) in [5.41, 5.74) is -0.125. The number of furan rings is 1. The number of benzene rings is 2. The lowest BCUT2D eigenvalue weighted by Gasteiger charge is -2.47. The highest BCUT2D eigenvalue weighted by Crippen LogP contribution is 2.36. The Bertz CT molecular complexity index is 1950. The van der Waals surface area contributed by atoms with Crippen molar-refractivity contribution in [2.45, 2.75) is 81.7 Å². The molecular formula is C36H42ClF2N3O13S. The van der Waals surface area contributed by atoms with Crippen LogP contribution in [-0.2, 0) is 55.6 Å². The molecule has 3 atom stereocenters. The van der Waals surface area contributed by atoms with Crippen molar-refractivity contribution in [3.63, 3.8) is 0 Å². The van der Waals surface area contributed by atoms with Gasteiger partial charge in [0.2, 0.25) is 22.6 Å². The molecule has 0 radical (unpaired) electrons. The molecule has 3 aromatic rings. The molecule has 1 aliphatic rings. The molecule has 0 saturated carbocycles. The van der Waals surface area contributed by atoms with Crippen LogP contribution in [-0.4, -0.2) is 81.1 Å². The number of carbonyl (C=O) groups is 4. The van der Waals surface area contributed by atoms with Gasteiger partial charge >= 0.3 is 24.0 Å². The van der Waals surface area contributed by atoms with Gasteiger partial charge in [0, 0.05) is 24.5 Å². The second-order valence-corrected chi connectivity index (χ2v) is 14.7. The highest BCUT2D eigenvalue weighted by Gasteiger charge is 2.49. The Hall–Kier alpha value is -4.82. The second-order valence-electron chi connectivity index (χ2n) is 12.7. The van der Waals surface area contributed by atoms with Gasteiger partial charge in [0.05, 0.1) is 61.0 Å². The Morgan fingerprint density at radius 2 is 1.62 bits per heavy atom. The summed E-state index contributed by atoms with van der Waals surface area (Å²) in [7, 11) is -4.24. The van der Waals surface area contributed by atoms with Gasteiger partial charge in [-0.25, -0.2) is 31.9 Å². The maximum atomic E-state index is 13.8. The maximum absolute atomic E-state index is 13.8. The van der Waals surface area contributed by atoms with Crippen LogP contribution in [0.3, 0.4) is 0 Å². The van der Waals surface area contributed by atoms with Crippen LogP contribution in [0.4, 0.5) is 19.3 Å². The zero-order chi connectivity index (χ0) is 41.0. The van der Waals surface area contributed by atoms with E-state index in [0.717, 1.165) is 23.1 Å². The Morgan fingerprint density at radius 3 is 2.27 bits per heavy atom. The maximum Gasteiger partial charge on any atom is 0.413 e. The molecule has 1 amide bonds. The molecule has 1 aromatic heterocycles. The van der Waals surface area contributed by atoms with Gasteiger partial charge in [0.1, 0.15) is 22.3 Å². The van der Waals surface area contributed by atoms with E-state index in [1.165, 1.54) is 19.3 Å². The molecule has 20 heteroatoms. The predicted octanol–water partition coefficient (Wildman–Crippen LogP) is 5.10. The molecule has 0 unspecified atom stereocenters. The van der Waals surface area contributed by atoms with Gasteiger partial charge in [-0.3, -0.25) is 14.5 Å². The molecule has 2 heterocycles. The highest BCUT2D eigenvalue weighted by atomic mass is 35.5. The first-order chi connectivity index (χ1) is 26.5. The van der Waals surface area contributed by atoms with Gasteiger partial charge in [-0.2, -0.15) is 0 Å². The number of rotatable bonds is 18. The van der Waals surface area contributed by atoms with Crippen molar-refractivity contribution >= 4 is 51.3 Å². The molecule has 1 saturated heterocycles. The number of carbonyl (C=O) groups excluding carboxylic acids is 4. The first-order valence-corrected chi connectivity index (χ1v) is 19.3. The summed E-state index contributed by atoms with van der Waals surface area (Å²) in [4.78, 5) is 50.6. The van der Waals surface area contributed by atoms with Crippen molar-refractivity contribution in [3.8, 4) is 0 Å². The Kier molecular flexibility index (Phi) is 15.6. The molecular weight excluding hydrogens is 788 g/mol. The van der Waals surface area contributed by atoms with Crippen LogP contribution in [0.15, 0.2) is 58.0 Å². The van der Waals surface area contributed by atoms with Gasteiger partial charge in [0.15, 0.2) is 0 Å². The van der Waals surface area contributed by atoms with Gasteiger partial charge in [-0.05, 0) is 75.9 Å². The molecule has 0 aliphatic carbocycles. The lowest BCUT2D eigenvalue weighted by Crippen LogP contribution is -2.62. The Balaban J connectivity index is 1.10. The van der Waals surface area contributed by atoms with E-state index in [2.05, 4.69) is 5.32 Å². The first-order valence-electron chi connectivity index (χ1n) is 17.4. The number of hydrogen-bond donors (Lipinski definition) is 3. The number of sulfonamides is 1. The molecule has 306 valence electrons. The molecule has 4 rings (SSSR count).